The molecule has 0 aromatic carbocycles. The Hall–Kier alpha value is -1.09. The molecule has 0 aliphatic carbocycles. The molecule has 19 heavy (non-hydrogen) atoms. The predicted octanol–water partition coefficient (Wildman–Crippen LogP) is 3.68. The van der Waals surface area contributed by atoms with Gasteiger partial charge in [0.1, 0.15) is 5.82 Å². The molecule has 0 spiro atoms. The number of rotatable bonds is 9. The molecule has 1 aromatic heterocycles. The van der Waals surface area contributed by atoms with Gasteiger partial charge in [0.2, 0.25) is 0 Å². The quantitative estimate of drug-likeness (QED) is 0.713. The third-order valence-electron chi connectivity index (χ3n) is 3.47. The largest absolute Gasteiger partial charge is 0.370 e. The van der Waals surface area contributed by atoms with Crippen LogP contribution in [0, 0.1) is 11.8 Å². The van der Waals surface area contributed by atoms with Crippen molar-refractivity contribution in [3.05, 3.63) is 23.9 Å². The lowest BCUT2D eigenvalue weighted by atomic mass is 10.0. The van der Waals surface area contributed by atoms with E-state index in [1.165, 1.54) is 18.4 Å². The van der Waals surface area contributed by atoms with Gasteiger partial charge in [-0.3, -0.25) is 0 Å². The number of pyridine rings is 1. The monoisotopic (exact) mass is 263 g/mol. The first-order chi connectivity index (χ1) is 9.17. The third-order valence-corrected chi connectivity index (χ3v) is 3.47. The molecule has 0 atom stereocenters. The van der Waals surface area contributed by atoms with E-state index in [0.29, 0.717) is 5.92 Å². The second-order valence-electron chi connectivity index (χ2n) is 5.60. The second kappa shape index (κ2) is 8.92. The van der Waals surface area contributed by atoms with Gasteiger partial charge in [0.15, 0.2) is 0 Å². The molecule has 1 aromatic rings. The minimum absolute atomic E-state index is 0.678. The van der Waals surface area contributed by atoms with Crippen LogP contribution in [0.4, 0.5) is 5.82 Å². The zero-order valence-corrected chi connectivity index (χ0v) is 12.9. The summed E-state index contributed by atoms with van der Waals surface area (Å²) in [6, 6.07) is 4.16. The number of hydrogen-bond acceptors (Lipinski definition) is 3. The zero-order chi connectivity index (χ0) is 14.1. The molecule has 3 nitrogen and oxygen atoms in total. The van der Waals surface area contributed by atoms with Crippen molar-refractivity contribution in [2.24, 2.45) is 11.8 Å². The van der Waals surface area contributed by atoms with Crippen LogP contribution in [0.3, 0.4) is 0 Å². The number of nitrogens with zero attached hydrogens (tertiary/aromatic N) is 1. The molecule has 0 aliphatic rings. The maximum atomic E-state index is 4.47. The van der Waals surface area contributed by atoms with Gasteiger partial charge in [-0.25, -0.2) is 4.98 Å². The van der Waals surface area contributed by atoms with Crippen molar-refractivity contribution in [2.45, 2.75) is 47.1 Å². The number of aromatic nitrogens is 1. The van der Waals surface area contributed by atoms with Crippen molar-refractivity contribution in [2.75, 3.05) is 18.4 Å². The average Bonchev–Trinajstić information content (AvgIpc) is 2.41. The van der Waals surface area contributed by atoms with Crippen LogP contribution in [0.1, 0.15) is 46.1 Å². The van der Waals surface area contributed by atoms with E-state index < -0.39 is 0 Å². The van der Waals surface area contributed by atoms with Crippen LogP contribution < -0.4 is 10.6 Å². The fourth-order valence-corrected chi connectivity index (χ4v) is 2.05. The standard InChI is InChI=1S/C16H29N3/c1-5-14(6-2)11-19-16-15(8-7-9-18-16)12-17-10-13(3)4/h7-9,13-14,17H,5-6,10-12H2,1-4H3,(H,18,19). The van der Waals surface area contributed by atoms with Gasteiger partial charge in [0, 0.05) is 24.8 Å². The number of hydrogen-bond donors (Lipinski definition) is 2. The van der Waals surface area contributed by atoms with Gasteiger partial charge >= 0.3 is 0 Å². The van der Waals surface area contributed by atoms with Crippen LogP contribution in [-0.2, 0) is 6.54 Å². The van der Waals surface area contributed by atoms with Crippen molar-refractivity contribution in [1.29, 1.82) is 0 Å². The highest BCUT2D eigenvalue weighted by Crippen LogP contribution is 2.14. The number of anilines is 1. The molecular formula is C16H29N3. The summed E-state index contributed by atoms with van der Waals surface area (Å²) in [5, 5.41) is 6.98. The van der Waals surface area contributed by atoms with Crippen molar-refractivity contribution < 1.29 is 0 Å². The Morgan fingerprint density at radius 1 is 1.16 bits per heavy atom. The molecule has 0 unspecified atom stereocenters. The average molecular weight is 263 g/mol. The lowest BCUT2D eigenvalue weighted by molar-refractivity contribution is 0.517. The summed E-state index contributed by atoms with van der Waals surface area (Å²) in [4.78, 5) is 4.47. The van der Waals surface area contributed by atoms with Crippen LogP contribution in [0.15, 0.2) is 18.3 Å². The fourth-order valence-electron chi connectivity index (χ4n) is 2.05. The summed E-state index contributed by atoms with van der Waals surface area (Å²) in [6.07, 6.45) is 4.30. The van der Waals surface area contributed by atoms with Gasteiger partial charge in [0.05, 0.1) is 0 Å². The van der Waals surface area contributed by atoms with Crippen molar-refractivity contribution in [3.63, 3.8) is 0 Å². The molecule has 0 saturated heterocycles. The van der Waals surface area contributed by atoms with Crippen LogP contribution in [0.5, 0.6) is 0 Å². The smallest absolute Gasteiger partial charge is 0.130 e. The molecule has 3 heteroatoms. The maximum Gasteiger partial charge on any atom is 0.130 e. The molecule has 0 aliphatic heterocycles. The molecule has 1 rings (SSSR count). The van der Waals surface area contributed by atoms with Crippen LogP contribution >= 0.6 is 0 Å². The molecule has 108 valence electrons. The molecule has 0 bridgehead atoms. The number of nitrogens with one attached hydrogen (secondary N) is 2. The summed E-state index contributed by atoms with van der Waals surface area (Å²) in [6.45, 7) is 11.9. The Morgan fingerprint density at radius 3 is 2.53 bits per heavy atom. The van der Waals surface area contributed by atoms with Crippen LogP contribution in [-0.4, -0.2) is 18.1 Å². The van der Waals surface area contributed by atoms with E-state index in [1.54, 1.807) is 0 Å². The SMILES string of the molecule is CCC(CC)CNc1ncccc1CNCC(C)C. The van der Waals surface area contributed by atoms with E-state index >= 15 is 0 Å². The summed E-state index contributed by atoms with van der Waals surface area (Å²) in [7, 11) is 0. The highest BCUT2D eigenvalue weighted by molar-refractivity contribution is 5.43. The molecular weight excluding hydrogens is 234 g/mol. The molecule has 0 radical (unpaired) electrons. The summed E-state index contributed by atoms with van der Waals surface area (Å²) in [5.41, 5.74) is 1.26. The van der Waals surface area contributed by atoms with Crippen molar-refractivity contribution in [1.82, 2.24) is 10.3 Å². The normalized spacial score (nSPS) is 11.3. The van der Waals surface area contributed by atoms with Gasteiger partial charge in [0.25, 0.3) is 0 Å². The van der Waals surface area contributed by atoms with Crippen molar-refractivity contribution >= 4 is 5.82 Å². The predicted molar refractivity (Wildman–Crippen MR) is 83.3 cm³/mol. The second-order valence-corrected chi connectivity index (χ2v) is 5.60. The molecule has 0 fully saturated rings. The minimum atomic E-state index is 0.678. The first-order valence-electron chi connectivity index (χ1n) is 7.55. The van der Waals surface area contributed by atoms with Crippen molar-refractivity contribution in [3.8, 4) is 0 Å². The van der Waals surface area contributed by atoms with Crippen LogP contribution in [0.25, 0.3) is 0 Å². The van der Waals surface area contributed by atoms with Gasteiger partial charge < -0.3 is 10.6 Å². The Kier molecular flexibility index (Phi) is 7.49. The molecule has 0 saturated carbocycles. The molecule has 0 amide bonds. The topological polar surface area (TPSA) is 37.0 Å². The van der Waals surface area contributed by atoms with E-state index in [4.69, 9.17) is 0 Å². The van der Waals surface area contributed by atoms with E-state index in [2.05, 4.69) is 49.4 Å². The summed E-state index contributed by atoms with van der Waals surface area (Å²) < 4.78 is 0. The highest BCUT2D eigenvalue weighted by Gasteiger charge is 2.06. The minimum Gasteiger partial charge on any atom is -0.370 e. The van der Waals surface area contributed by atoms with Gasteiger partial charge in [-0.05, 0) is 24.4 Å². The third kappa shape index (κ3) is 6.06. The Morgan fingerprint density at radius 2 is 1.89 bits per heavy atom. The zero-order valence-electron chi connectivity index (χ0n) is 12.9. The maximum absolute atomic E-state index is 4.47. The van der Waals surface area contributed by atoms with E-state index in [0.717, 1.165) is 31.4 Å². The lowest BCUT2D eigenvalue weighted by Crippen LogP contribution is -2.21. The van der Waals surface area contributed by atoms with Gasteiger partial charge in [-0.1, -0.05) is 46.6 Å². The molecule has 2 N–H and O–H groups in total. The van der Waals surface area contributed by atoms with E-state index in [1.807, 2.05) is 12.3 Å². The van der Waals surface area contributed by atoms with E-state index in [-0.39, 0.29) is 0 Å². The van der Waals surface area contributed by atoms with Gasteiger partial charge in [-0.2, -0.15) is 0 Å². The van der Waals surface area contributed by atoms with Gasteiger partial charge in [-0.15, -0.1) is 0 Å². The fraction of sp³-hybridized carbons (Fsp3) is 0.688. The summed E-state index contributed by atoms with van der Waals surface area (Å²) in [5.74, 6) is 2.45. The Bertz CT molecular complexity index is 346. The first kappa shape index (κ1) is 16.0. The Balaban J connectivity index is 2.52. The summed E-state index contributed by atoms with van der Waals surface area (Å²) >= 11 is 0. The van der Waals surface area contributed by atoms with E-state index in [9.17, 15) is 0 Å². The highest BCUT2D eigenvalue weighted by atomic mass is 15.0. The first-order valence-corrected chi connectivity index (χ1v) is 7.55. The van der Waals surface area contributed by atoms with Crippen LogP contribution in [0.2, 0.25) is 0 Å². The molecule has 1 heterocycles. The lowest BCUT2D eigenvalue weighted by Gasteiger charge is -2.16. The Labute approximate surface area is 118 Å².